The Balaban J connectivity index is 3.35. The van der Waals surface area contributed by atoms with Crippen LogP contribution in [0.25, 0.3) is 0 Å². The van der Waals surface area contributed by atoms with E-state index in [4.69, 9.17) is 28.4 Å². The van der Waals surface area contributed by atoms with Crippen molar-refractivity contribution in [3.8, 4) is 0 Å². The molecule has 0 bridgehead atoms. The zero-order valence-corrected chi connectivity index (χ0v) is 21.6. The normalized spacial score (nSPS) is 29.5. The maximum Gasteiger partial charge on any atom is 0.348 e. The molecule has 0 aromatic carbocycles. The first-order valence-electron chi connectivity index (χ1n) is 12.3. The zero-order valence-electron chi connectivity index (χ0n) is 21.6. The van der Waals surface area contributed by atoms with Crippen LogP contribution < -0.4 is 0 Å². The van der Waals surface area contributed by atoms with Gasteiger partial charge in [0.1, 0.15) is 0 Å². The molecule has 0 spiro atoms. The van der Waals surface area contributed by atoms with Crippen LogP contribution in [0.4, 0.5) is 0 Å². The van der Waals surface area contributed by atoms with Crippen molar-refractivity contribution in [2.75, 3.05) is 0 Å². The topological polar surface area (TPSA) is 158 Å². The minimum atomic E-state index is -1.39. The molecule has 0 amide bonds. The SMILES string of the molecule is CCC1OC(=O)C(CC)OC(=O)C(CC)OC(=O)C(CC)OC(=O)C(CC)OC(=O)C(CC)OC1=O. The first kappa shape index (κ1) is 30.9. The van der Waals surface area contributed by atoms with Crippen molar-refractivity contribution in [3.05, 3.63) is 0 Å². The van der Waals surface area contributed by atoms with Crippen molar-refractivity contribution in [2.24, 2.45) is 0 Å². The summed E-state index contributed by atoms with van der Waals surface area (Å²) in [6.07, 6.45) is -8.25. The Hall–Kier alpha value is -3.18. The van der Waals surface area contributed by atoms with E-state index >= 15 is 0 Å². The van der Waals surface area contributed by atoms with Crippen LogP contribution in [0.1, 0.15) is 80.1 Å². The Morgan fingerprint density at radius 2 is 0.444 bits per heavy atom. The number of hydrogen-bond donors (Lipinski definition) is 0. The molecule has 0 aromatic heterocycles. The number of rotatable bonds is 6. The third-order valence-corrected chi connectivity index (χ3v) is 5.35. The van der Waals surface area contributed by atoms with Gasteiger partial charge in [-0.05, 0) is 38.5 Å². The average molecular weight is 517 g/mol. The van der Waals surface area contributed by atoms with Crippen molar-refractivity contribution in [1.29, 1.82) is 0 Å². The van der Waals surface area contributed by atoms with Gasteiger partial charge in [-0.2, -0.15) is 0 Å². The van der Waals surface area contributed by atoms with E-state index in [0.29, 0.717) is 0 Å². The second-order valence-electron chi connectivity index (χ2n) is 8.00. The summed E-state index contributed by atoms with van der Waals surface area (Å²) >= 11 is 0. The summed E-state index contributed by atoms with van der Waals surface area (Å²) in [6, 6.07) is 0. The van der Waals surface area contributed by atoms with Crippen LogP contribution in [0.2, 0.25) is 0 Å². The molecule has 1 aliphatic rings. The molecule has 1 heterocycles. The minimum absolute atomic E-state index is 0.0119. The van der Waals surface area contributed by atoms with E-state index in [1.807, 2.05) is 0 Å². The lowest BCUT2D eigenvalue weighted by Crippen LogP contribution is -2.43. The molecule has 1 saturated heterocycles. The third-order valence-electron chi connectivity index (χ3n) is 5.35. The van der Waals surface area contributed by atoms with Crippen molar-refractivity contribution >= 4 is 35.8 Å². The molecule has 6 unspecified atom stereocenters. The Bertz CT molecular complexity index is 636. The van der Waals surface area contributed by atoms with Gasteiger partial charge in [0.05, 0.1) is 0 Å². The van der Waals surface area contributed by atoms with Gasteiger partial charge in [-0.3, -0.25) is 0 Å². The van der Waals surface area contributed by atoms with E-state index in [2.05, 4.69) is 0 Å². The quantitative estimate of drug-likeness (QED) is 0.374. The van der Waals surface area contributed by atoms with Crippen molar-refractivity contribution in [1.82, 2.24) is 0 Å². The summed E-state index contributed by atoms with van der Waals surface area (Å²) in [7, 11) is 0. The fraction of sp³-hybridized carbons (Fsp3) is 0.750. The van der Waals surface area contributed by atoms with Gasteiger partial charge in [-0.15, -0.1) is 0 Å². The molecule has 1 fully saturated rings. The molecular weight excluding hydrogens is 480 g/mol. The highest BCUT2D eigenvalue weighted by Crippen LogP contribution is 2.16. The monoisotopic (exact) mass is 516 g/mol. The van der Waals surface area contributed by atoms with Gasteiger partial charge in [-0.1, -0.05) is 41.5 Å². The molecule has 12 heteroatoms. The number of ether oxygens (including phenoxy) is 6. The van der Waals surface area contributed by atoms with Gasteiger partial charge < -0.3 is 28.4 Å². The van der Waals surface area contributed by atoms with Gasteiger partial charge in [0.15, 0.2) is 36.6 Å². The first-order valence-corrected chi connectivity index (χ1v) is 12.3. The third kappa shape index (κ3) is 8.49. The van der Waals surface area contributed by atoms with Crippen LogP contribution in [0.15, 0.2) is 0 Å². The standard InChI is InChI=1S/C24H36O12/c1-7-13-19(25)32-15(9-3)21(27)34-17(11-5)23(29)36-18(12-6)24(30)35-16(10-4)22(28)33-14(8-2)20(26)31-13/h13-18H,7-12H2,1-6H3. The molecule has 36 heavy (non-hydrogen) atoms. The second kappa shape index (κ2) is 15.0. The molecule has 1 rings (SSSR count). The smallest absolute Gasteiger partial charge is 0.348 e. The van der Waals surface area contributed by atoms with Crippen LogP contribution >= 0.6 is 0 Å². The van der Waals surface area contributed by atoms with Gasteiger partial charge in [0.2, 0.25) is 0 Å². The molecular formula is C24H36O12. The maximum atomic E-state index is 12.6. The van der Waals surface area contributed by atoms with Crippen LogP contribution in [0.5, 0.6) is 0 Å². The number of cyclic esters (lactones) is 6. The highest BCUT2D eigenvalue weighted by atomic mass is 16.7. The van der Waals surface area contributed by atoms with Gasteiger partial charge in [0, 0.05) is 0 Å². The summed E-state index contributed by atoms with van der Waals surface area (Å²) in [5.41, 5.74) is 0. The molecule has 0 aliphatic carbocycles. The van der Waals surface area contributed by atoms with E-state index in [0.717, 1.165) is 0 Å². The lowest BCUT2D eigenvalue weighted by Gasteiger charge is -2.25. The lowest BCUT2D eigenvalue weighted by atomic mass is 10.2. The molecule has 0 N–H and O–H groups in total. The van der Waals surface area contributed by atoms with Crippen LogP contribution in [0, 0.1) is 0 Å². The second-order valence-corrected chi connectivity index (χ2v) is 8.00. The van der Waals surface area contributed by atoms with E-state index in [1.54, 1.807) is 41.5 Å². The minimum Gasteiger partial charge on any atom is -0.448 e. The Morgan fingerprint density at radius 3 is 0.528 bits per heavy atom. The molecule has 12 nitrogen and oxygen atoms in total. The molecule has 1 aliphatic heterocycles. The fourth-order valence-electron chi connectivity index (χ4n) is 3.09. The number of hydrogen-bond acceptors (Lipinski definition) is 12. The summed E-state index contributed by atoms with van der Waals surface area (Å²) in [6.45, 7) is 9.32. The largest absolute Gasteiger partial charge is 0.448 e. The molecule has 0 aromatic rings. The van der Waals surface area contributed by atoms with Crippen molar-refractivity contribution < 1.29 is 57.2 Å². The summed E-state index contributed by atoms with van der Waals surface area (Å²) in [4.78, 5) is 75.8. The van der Waals surface area contributed by atoms with Gasteiger partial charge in [0.25, 0.3) is 0 Å². The van der Waals surface area contributed by atoms with Gasteiger partial charge >= 0.3 is 35.8 Å². The molecule has 0 saturated carbocycles. The maximum absolute atomic E-state index is 12.6. The Labute approximate surface area is 210 Å². The highest BCUT2D eigenvalue weighted by molar-refractivity contribution is 5.88. The number of carbonyl (C=O) groups is 6. The van der Waals surface area contributed by atoms with E-state index in [9.17, 15) is 28.8 Å². The van der Waals surface area contributed by atoms with Gasteiger partial charge in [-0.25, -0.2) is 28.8 Å². The fourth-order valence-corrected chi connectivity index (χ4v) is 3.09. The molecule has 0 radical (unpaired) electrons. The predicted molar refractivity (Wildman–Crippen MR) is 121 cm³/mol. The van der Waals surface area contributed by atoms with Crippen molar-refractivity contribution in [2.45, 2.75) is 117 Å². The summed E-state index contributed by atoms with van der Waals surface area (Å²) in [5.74, 6) is -6.01. The molecule has 204 valence electrons. The highest BCUT2D eigenvalue weighted by Gasteiger charge is 2.37. The summed E-state index contributed by atoms with van der Waals surface area (Å²) in [5, 5.41) is 0. The first-order chi connectivity index (χ1) is 17.1. The van der Waals surface area contributed by atoms with Crippen LogP contribution in [-0.2, 0) is 57.2 Å². The Kier molecular flexibility index (Phi) is 12.9. The van der Waals surface area contributed by atoms with E-state index in [1.165, 1.54) is 0 Å². The number of carbonyl (C=O) groups excluding carboxylic acids is 6. The van der Waals surface area contributed by atoms with Crippen LogP contribution in [0.3, 0.4) is 0 Å². The zero-order chi connectivity index (χ0) is 27.4. The molecule has 6 atom stereocenters. The van der Waals surface area contributed by atoms with Crippen molar-refractivity contribution in [3.63, 3.8) is 0 Å². The van der Waals surface area contributed by atoms with E-state index in [-0.39, 0.29) is 38.5 Å². The predicted octanol–water partition coefficient (Wildman–Crippen LogP) is 1.93. The lowest BCUT2D eigenvalue weighted by molar-refractivity contribution is -0.195. The average Bonchev–Trinajstić information content (AvgIpc) is 2.87. The Morgan fingerprint density at radius 1 is 0.333 bits per heavy atom. The van der Waals surface area contributed by atoms with Crippen LogP contribution in [-0.4, -0.2) is 72.4 Å². The van der Waals surface area contributed by atoms with E-state index < -0.39 is 72.4 Å². The number of esters is 6. The summed E-state index contributed by atoms with van der Waals surface area (Å²) < 4.78 is 31.2.